The van der Waals surface area contributed by atoms with Crippen LogP contribution in [-0.4, -0.2) is 28.7 Å². The molecule has 0 aliphatic heterocycles. The Morgan fingerprint density at radius 1 is 1.23 bits per heavy atom. The minimum Gasteiger partial charge on any atom is -0.315 e. The van der Waals surface area contributed by atoms with Crippen LogP contribution in [0, 0.1) is 0 Å². The Morgan fingerprint density at radius 2 is 1.62 bits per heavy atom. The van der Waals surface area contributed by atoms with Crippen molar-refractivity contribution in [2.45, 2.75) is 25.8 Å². The first kappa shape index (κ1) is 12.9. The van der Waals surface area contributed by atoms with Crippen molar-refractivity contribution in [3.8, 4) is 0 Å². The molecule has 0 aliphatic carbocycles. The summed E-state index contributed by atoms with van der Waals surface area (Å²) in [6.07, 6.45) is -4.74. The van der Waals surface area contributed by atoms with Gasteiger partial charge in [0.25, 0.3) is 10.1 Å². The zero-order valence-electron chi connectivity index (χ0n) is 7.47. The molecule has 0 aliphatic rings. The summed E-state index contributed by atoms with van der Waals surface area (Å²) in [6, 6.07) is 0. The molecular formula is C5H11F3O3SSi. The van der Waals surface area contributed by atoms with E-state index in [2.05, 4.69) is 3.87 Å². The van der Waals surface area contributed by atoms with Gasteiger partial charge in [-0.2, -0.15) is 13.2 Å². The predicted octanol–water partition coefficient (Wildman–Crippen LogP) is 1.73. The van der Waals surface area contributed by atoms with E-state index in [9.17, 15) is 21.6 Å². The van der Waals surface area contributed by atoms with Gasteiger partial charge in [-0.3, -0.25) is 0 Å². The van der Waals surface area contributed by atoms with E-state index in [1.165, 1.54) is 19.6 Å². The summed E-state index contributed by atoms with van der Waals surface area (Å²) in [5.41, 5.74) is 0. The number of hydrogen-bond acceptors (Lipinski definition) is 3. The van der Waals surface area contributed by atoms with Gasteiger partial charge in [0, 0.05) is 0 Å². The smallest absolute Gasteiger partial charge is 0.315 e. The maximum absolute atomic E-state index is 11.7. The van der Waals surface area contributed by atoms with Gasteiger partial charge in [0.2, 0.25) is 8.32 Å². The van der Waals surface area contributed by atoms with Crippen LogP contribution in [0.4, 0.5) is 13.2 Å². The molecule has 0 rings (SSSR count). The molecule has 0 saturated heterocycles. The van der Waals surface area contributed by atoms with Gasteiger partial charge in [-0.05, 0) is 19.6 Å². The molecule has 0 heterocycles. The molecule has 0 unspecified atom stereocenters. The lowest BCUT2D eigenvalue weighted by Crippen LogP contribution is -2.34. The van der Waals surface area contributed by atoms with Gasteiger partial charge >= 0.3 is 6.18 Å². The van der Waals surface area contributed by atoms with Crippen LogP contribution in [0.3, 0.4) is 0 Å². The first-order valence-electron chi connectivity index (χ1n) is 3.41. The van der Waals surface area contributed by atoms with Crippen molar-refractivity contribution in [2.75, 3.05) is 5.75 Å². The van der Waals surface area contributed by atoms with E-state index < -0.39 is 30.4 Å². The van der Waals surface area contributed by atoms with Crippen LogP contribution in [0.2, 0.25) is 19.6 Å². The first-order chi connectivity index (χ1) is 5.41. The highest BCUT2D eigenvalue weighted by Crippen LogP contribution is 2.20. The molecule has 0 aromatic carbocycles. The van der Waals surface area contributed by atoms with Crippen LogP contribution in [-0.2, 0) is 14.0 Å². The molecule has 0 bridgehead atoms. The summed E-state index contributed by atoms with van der Waals surface area (Å²) in [6.45, 7) is 4.50. The third-order valence-electron chi connectivity index (χ3n) is 0.717. The van der Waals surface area contributed by atoms with Crippen molar-refractivity contribution in [2.24, 2.45) is 0 Å². The van der Waals surface area contributed by atoms with Crippen molar-refractivity contribution in [1.82, 2.24) is 0 Å². The Kier molecular flexibility index (Phi) is 3.56. The Balaban J connectivity index is 4.46. The minimum absolute atomic E-state index is 1.50. The summed E-state index contributed by atoms with van der Waals surface area (Å²) >= 11 is 0. The lowest BCUT2D eigenvalue weighted by atomic mass is 10.8. The third-order valence-corrected chi connectivity index (χ3v) is 4.41. The van der Waals surface area contributed by atoms with Gasteiger partial charge in [-0.1, -0.05) is 0 Å². The van der Waals surface area contributed by atoms with Gasteiger partial charge in [0.15, 0.2) is 5.75 Å². The highest BCUT2D eigenvalue weighted by molar-refractivity contribution is 7.87. The standard InChI is InChI=1S/C5H11F3O3SSi/c1-13(2,3)11-12(9,10)4-5(6,7)8/h4H2,1-3H3. The summed E-state index contributed by atoms with van der Waals surface area (Å²) in [5, 5.41) is 0. The van der Waals surface area contributed by atoms with Crippen molar-refractivity contribution in [3.05, 3.63) is 0 Å². The molecule has 80 valence electrons. The van der Waals surface area contributed by atoms with Crippen molar-refractivity contribution in [3.63, 3.8) is 0 Å². The second-order valence-electron chi connectivity index (χ2n) is 3.51. The van der Waals surface area contributed by atoms with Gasteiger partial charge in [0.05, 0.1) is 0 Å². The highest BCUT2D eigenvalue weighted by Gasteiger charge is 2.38. The fraction of sp³-hybridized carbons (Fsp3) is 1.00. The molecule has 8 heteroatoms. The molecule has 13 heavy (non-hydrogen) atoms. The lowest BCUT2D eigenvalue weighted by Gasteiger charge is -2.17. The number of alkyl halides is 3. The van der Waals surface area contributed by atoms with Crippen LogP contribution >= 0.6 is 0 Å². The van der Waals surface area contributed by atoms with Gasteiger partial charge in [-0.15, -0.1) is 0 Å². The molecule has 3 nitrogen and oxygen atoms in total. The van der Waals surface area contributed by atoms with E-state index in [1.807, 2.05) is 0 Å². The topological polar surface area (TPSA) is 43.4 Å². The van der Waals surface area contributed by atoms with Crippen molar-refractivity contribution in [1.29, 1.82) is 0 Å². The van der Waals surface area contributed by atoms with Crippen molar-refractivity contribution >= 4 is 18.4 Å². The summed E-state index contributed by atoms with van der Waals surface area (Å²) in [7, 11) is -6.94. The molecule has 0 spiro atoms. The van der Waals surface area contributed by atoms with Gasteiger partial charge < -0.3 is 3.87 Å². The first-order valence-corrected chi connectivity index (χ1v) is 8.40. The van der Waals surface area contributed by atoms with E-state index in [0.717, 1.165) is 0 Å². The molecule has 0 aromatic heterocycles. The Morgan fingerprint density at radius 3 is 1.85 bits per heavy atom. The third kappa shape index (κ3) is 8.25. The van der Waals surface area contributed by atoms with Crippen LogP contribution in [0.5, 0.6) is 0 Å². The van der Waals surface area contributed by atoms with E-state index >= 15 is 0 Å². The molecule has 0 atom stereocenters. The zero-order chi connectivity index (χ0) is 10.9. The minimum atomic E-state index is -4.74. The fourth-order valence-electron chi connectivity index (χ4n) is 0.611. The number of hydrogen-bond donors (Lipinski definition) is 0. The largest absolute Gasteiger partial charge is 0.405 e. The molecule has 0 amide bonds. The van der Waals surface area contributed by atoms with E-state index in [-0.39, 0.29) is 0 Å². The second kappa shape index (κ2) is 3.58. The molecule has 0 radical (unpaired) electrons. The predicted molar refractivity (Wildman–Crippen MR) is 44.3 cm³/mol. The quantitative estimate of drug-likeness (QED) is 0.701. The summed E-state index contributed by atoms with van der Waals surface area (Å²) < 4.78 is 60.9. The molecule has 0 fully saturated rings. The average molecular weight is 236 g/mol. The maximum atomic E-state index is 11.7. The summed E-state index contributed by atoms with van der Waals surface area (Å²) in [4.78, 5) is 0. The van der Waals surface area contributed by atoms with Crippen LogP contribution in [0.15, 0.2) is 0 Å². The maximum Gasteiger partial charge on any atom is 0.405 e. The highest BCUT2D eigenvalue weighted by atomic mass is 32.2. The number of halogens is 3. The molecule has 0 N–H and O–H groups in total. The SMILES string of the molecule is C[Si](C)(C)OS(=O)(=O)CC(F)(F)F. The van der Waals surface area contributed by atoms with Crippen LogP contribution in [0.1, 0.15) is 0 Å². The van der Waals surface area contributed by atoms with Crippen LogP contribution in [0.25, 0.3) is 0 Å². The Labute approximate surface area is 76.1 Å². The lowest BCUT2D eigenvalue weighted by molar-refractivity contribution is -0.107. The number of rotatable bonds is 3. The van der Waals surface area contributed by atoms with Crippen molar-refractivity contribution < 1.29 is 25.5 Å². The second-order valence-corrected chi connectivity index (χ2v) is 9.81. The fourth-order valence-corrected chi connectivity index (χ4v) is 4.29. The van der Waals surface area contributed by atoms with Gasteiger partial charge in [0.1, 0.15) is 0 Å². The van der Waals surface area contributed by atoms with E-state index in [1.54, 1.807) is 0 Å². The monoisotopic (exact) mass is 236 g/mol. The summed E-state index contributed by atoms with van der Waals surface area (Å²) in [5.74, 6) is -1.91. The molecule has 0 saturated carbocycles. The normalized spacial score (nSPS) is 14.6. The van der Waals surface area contributed by atoms with Gasteiger partial charge in [-0.25, -0.2) is 8.42 Å². The van der Waals surface area contributed by atoms with Crippen LogP contribution < -0.4 is 0 Å². The van der Waals surface area contributed by atoms with E-state index in [0.29, 0.717) is 0 Å². The Bertz CT molecular complexity index is 242. The molecular weight excluding hydrogens is 225 g/mol. The van der Waals surface area contributed by atoms with E-state index in [4.69, 9.17) is 0 Å². The molecule has 0 aromatic rings. The average Bonchev–Trinajstić information content (AvgIpc) is 1.43. The zero-order valence-corrected chi connectivity index (χ0v) is 9.29. The Hall–Kier alpha value is -0.0831.